The number of piperidine rings is 1. The predicted molar refractivity (Wildman–Crippen MR) is 85.3 cm³/mol. The molecule has 1 fully saturated rings. The van der Waals surface area contributed by atoms with Gasteiger partial charge in [0.05, 0.1) is 7.11 Å². The van der Waals surface area contributed by atoms with Crippen LogP contribution in [-0.4, -0.2) is 43.6 Å². The molecule has 1 N–H and O–H groups in total. The molecule has 1 aromatic rings. The number of rotatable bonds is 5. The number of ether oxygens (including phenoxy) is 1. The molecule has 4 nitrogen and oxygen atoms in total. The van der Waals surface area contributed by atoms with Gasteiger partial charge in [-0.25, -0.2) is 0 Å². The maximum atomic E-state index is 12.4. The van der Waals surface area contributed by atoms with Gasteiger partial charge in [0.25, 0.3) is 0 Å². The summed E-state index contributed by atoms with van der Waals surface area (Å²) < 4.78 is 5.12. The van der Waals surface area contributed by atoms with E-state index in [2.05, 4.69) is 5.32 Å². The van der Waals surface area contributed by atoms with Crippen molar-refractivity contribution in [3.8, 4) is 5.75 Å². The second-order valence-electron chi connectivity index (χ2n) is 5.21. The molecule has 1 saturated heterocycles. The molecule has 0 aliphatic carbocycles. The van der Waals surface area contributed by atoms with E-state index in [1.165, 1.54) is 0 Å². The number of likely N-dealkylation sites (N-methyl/N-ethyl adjacent to an activating group) is 1. The van der Waals surface area contributed by atoms with Crippen molar-refractivity contribution in [2.24, 2.45) is 0 Å². The van der Waals surface area contributed by atoms with Gasteiger partial charge < -0.3 is 15.0 Å². The lowest BCUT2D eigenvalue weighted by molar-refractivity contribution is -0.128. The molecule has 0 spiro atoms. The Morgan fingerprint density at radius 3 is 2.57 bits per heavy atom. The molecule has 1 aliphatic rings. The molecule has 21 heavy (non-hydrogen) atoms. The average molecular weight is 288 g/mol. The third-order valence-electron chi connectivity index (χ3n) is 3.91. The first-order valence-electron chi connectivity index (χ1n) is 7.58. The van der Waals surface area contributed by atoms with Crippen molar-refractivity contribution in [2.45, 2.75) is 25.8 Å². The molecule has 1 aromatic carbocycles. The van der Waals surface area contributed by atoms with E-state index >= 15 is 0 Å². The first-order valence-corrected chi connectivity index (χ1v) is 7.58. The molecule has 0 atom stereocenters. The Hall–Kier alpha value is -1.81. The third-order valence-corrected chi connectivity index (χ3v) is 3.91. The standard InChI is InChI=1S/C17H24N2O2/c1-3-19(15-10-12-18-13-11-15)17(20)9-6-14-4-7-16(21-2)8-5-14/h4-9,15,18H,3,10-13H2,1-2H3/b9-6+. The fraction of sp³-hybridized carbons (Fsp3) is 0.471. The fourth-order valence-electron chi connectivity index (χ4n) is 2.69. The van der Waals surface area contributed by atoms with Crippen molar-refractivity contribution in [2.75, 3.05) is 26.7 Å². The summed E-state index contributed by atoms with van der Waals surface area (Å²) in [6.45, 7) is 4.80. The first-order chi connectivity index (χ1) is 10.2. The maximum absolute atomic E-state index is 12.4. The Kier molecular flexibility index (Phi) is 5.81. The van der Waals surface area contributed by atoms with E-state index in [1.807, 2.05) is 42.2 Å². The van der Waals surface area contributed by atoms with E-state index in [-0.39, 0.29) is 5.91 Å². The molecule has 0 saturated carbocycles. The van der Waals surface area contributed by atoms with Gasteiger partial charge in [0.1, 0.15) is 5.75 Å². The number of amides is 1. The van der Waals surface area contributed by atoms with Crippen LogP contribution in [0.4, 0.5) is 0 Å². The van der Waals surface area contributed by atoms with Crippen molar-refractivity contribution >= 4 is 12.0 Å². The third kappa shape index (κ3) is 4.33. The van der Waals surface area contributed by atoms with Crippen molar-refractivity contribution in [1.29, 1.82) is 0 Å². The number of carbonyl (C=O) groups excluding carboxylic acids is 1. The molecule has 1 aliphatic heterocycles. The molecule has 0 aromatic heterocycles. The summed E-state index contributed by atoms with van der Waals surface area (Å²) >= 11 is 0. The van der Waals surface area contributed by atoms with E-state index in [4.69, 9.17) is 4.74 Å². The lowest BCUT2D eigenvalue weighted by Gasteiger charge is -2.33. The monoisotopic (exact) mass is 288 g/mol. The molecule has 114 valence electrons. The number of carbonyl (C=O) groups is 1. The number of nitrogens with one attached hydrogen (secondary N) is 1. The Morgan fingerprint density at radius 1 is 1.33 bits per heavy atom. The molecule has 2 rings (SSSR count). The summed E-state index contributed by atoms with van der Waals surface area (Å²) in [5, 5.41) is 3.33. The largest absolute Gasteiger partial charge is 0.497 e. The summed E-state index contributed by atoms with van der Waals surface area (Å²) in [6.07, 6.45) is 5.62. The predicted octanol–water partition coefficient (Wildman–Crippen LogP) is 2.31. The lowest BCUT2D eigenvalue weighted by Crippen LogP contribution is -2.45. The highest BCUT2D eigenvalue weighted by atomic mass is 16.5. The molecule has 4 heteroatoms. The molecule has 0 radical (unpaired) electrons. The summed E-state index contributed by atoms with van der Waals surface area (Å²) in [7, 11) is 1.65. The van der Waals surface area contributed by atoms with Crippen LogP contribution in [0.15, 0.2) is 30.3 Å². The summed E-state index contributed by atoms with van der Waals surface area (Å²) in [5.74, 6) is 0.920. The smallest absolute Gasteiger partial charge is 0.246 e. The van der Waals surface area contributed by atoms with Crippen LogP contribution in [0.5, 0.6) is 5.75 Å². The van der Waals surface area contributed by atoms with E-state index in [1.54, 1.807) is 13.2 Å². The second-order valence-corrected chi connectivity index (χ2v) is 5.21. The van der Waals surface area contributed by atoms with Gasteiger partial charge >= 0.3 is 0 Å². The van der Waals surface area contributed by atoms with Gasteiger partial charge in [0.2, 0.25) is 5.91 Å². The Labute approximate surface area is 126 Å². The van der Waals surface area contributed by atoms with Crippen LogP contribution in [0.1, 0.15) is 25.3 Å². The highest BCUT2D eigenvalue weighted by molar-refractivity contribution is 5.92. The van der Waals surface area contributed by atoms with Crippen LogP contribution >= 0.6 is 0 Å². The highest BCUT2D eigenvalue weighted by Crippen LogP contribution is 2.14. The van der Waals surface area contributed by atoms with Crippen molar-refractivity contribution in [3.05, 3.63) is 35.9 Å². The van der Waals surface area contributed by atoms with Gasteiger partial charge in [-0.1, -0.05) is 12.1 Å². The number of methoxy groups -OCH3 is 1. The SMILES string of the molecule is CCN(C(=O)/C=C/c1ccc(OC)cc1)C1CCNCC1. The van der Waals surface area contributed by atoms with Crippen molar-refractivity contribution in [1.82, 2.24) is 10.2 Å². The number of benzene rings is 1. The molecule has 0 unspecified atom stereocenters. The zero-order valence-electron chi connectivity index (χ0n) is 12.8. The highest BCUT2D eigenvalue weighted by Gasteiger charge is 2.22. The van der Waals surface area contributed by atoms with Crippen LogP contribution in [0, 0.1) is 0 Å². The Balaban J connectivity index is 1.98. The van der Waals surface area contributed by atoms with Gasteiger partial charge in [-0.2, -0.15) is 0 Å². The first kappa shape index (κ1) is 15.6. The van der Waals surface area contributed by atoms with Gasteiger partial charge in [0.15, 0.2) is 0 Å². The normalized spacial score (nSPS) is 16.1. The number of nitrogens with zero attached hydrogens (tertiary/aromatic N) is 1. The minimum absolute atomic E-state index is 0.0974. The molecule has 0 bridgehead atoms. The van der Waals surface area contributed by atoms with Crippen LogP contribution in [0.2, 0.25) is 0 Å². The van der Waals surface area contributed by atoms with E-state index in [9.17, 15) is 4.79 Å². The van der Waals surface area contributed by atoms with E-state index in [0.717, 1.165) is 43.8 Å². The minimum atomic E-state index is 0.0974. The van der Waals surface area contributed by atoms with Crippen LogP contribution < -0.4 is 10.1 Å². The van der Waals surface area contributed by atoms with Crippen LogP contribution in [-0.2, 0) is 4.79 Å². The van der Waals surface area contributed by atoms with E-state index < -0.39 is 0 Å². The fourth-order valence-corrected chi connectivity index (χ4v) is 2.69. The minimum Gasteiger partial charge on any atom is -0.497 e. The van der Waals surface area contributed by atoms with Gasteiger partial charge in [-0.15, -0.1) is 0 Å². The molecule has 1 amide bonds. The van der Waals surface area contributed by atoms with Crippen molar-refractivity contribution < 1.29 is 9.53 Å². The molecule has 1 heterocycles. The topological polar surface area (TPSA) is 41.6 Å². The van der Waals surface area contributed by atoms with Gasteiger partial charge in [0, 0.05) is 18.7 Å². The lowest BCUT2D eigenvalue weighted by atomic mass is 10.0. The summed E-state index contributed by atoms with van der Waals surface area (Å²) in [6, 6.07) is 8.06. The Morgan fingerprint density at radius 2 is 2.00 bits per heavy atom. The van der Waals surface area contributed by atoms with Crippen molar-refractivity contribution in [3.63, 3.8) is 0 Å². The van der Waals surface area contributed by atoms with Gasteiger partial charge in [-0.05, 0) is 56.6 Å². The van der Waals surface area contributed by atoms with Crippen LogP contribution in [0.25, 0.3) is 6.08 Å². The number of hydrogen-bond acceptors (Lipinski definition) is 3. The molecular formula is C17H24N2O2. The zero-order valence-corrected chi connectivity index (χ0v) is 12.8. The average Bonchev–Trinajstić information content (AvgIpc) is 2.55. The quantitative estimate of drug-likeness (QED) is 0.845. The Bertz CT molecular complexity index is 476. The van der Waals surface area contributed by atoms with E-state index in [0.29, 0.717) is 6.04 Å². The second kappa shape index (κ2) is 7.84. The molecular weight excluding hydrogens is 264 g/mol. The van der Waals surface area contributed by atoms with Gasteiger partial charge in [-0.3, -0.25) is 4.79 Å². The van der Waals surface area contributed by atoms with Crippen LogP contribution in [0.3, 0.4) is 0 Å². The maximum Gasteiger partial charge on any atom is 0.246 e. The summed E-state index contributed by atoms with van der Waals surface area (Å²) in [5.41, 5.74) is 1.01. The summed E-state index contributed by atoms with van der Waals surface area (Å²) in [4.78, 5) is 14.3. The number of hydrogen-bond donors (Lipinski definition) is 1. The zero-order chi connectivity index (χ0) is 15.1.